The highest BCUT2D eigenvalue weighted by Gasteiger charge is 2.38. The molecule has 21 heavy (non-hydrogen) atoms. The second-order valence-corrected chi connectivity index (χ2v) is 6.22. The predicted molar refractivity (Wildman–Crippen MR) is 80.1 cm³/mol. The molecule has 0 bridgehead atoms. The zero-order chi connectivity index (χ0) is 15.8. The van der Waals surface area contributed by atoms with E-state index < -0.39 is 18.1 Å². The van der Waals surface area contributed by atoms with Gasteiger partial charge >= 0.3 is 12.0 Å². The molecule has 1 saturated heterocycles. The number of carbonyl (C=O) groups excluding carboxylic acids is 1. The van der Waals surface area contributed by atoms with Gasteiger partial charge in [-0.25, -0.2) is 9.59 Å². The molecule has 0 saturated carbocycles. The molecule has 0 aliphatic carbocycles. The Kier molecular flexibility index (Phi) is 7.50. The summed E-state index contributed by atoms with van der Waals surface area (Å²) in [4.78, 5) is 24.2. The van der Waals surface area contributed by atoms with Gasteiger partial charge in [0.25, 0.3) is 0 Å². The average molecular weight is 300 g/mol. The molecule has 1 heterocycles. The fourth-order valence-corrected chi connectivity index (χ4v) is 2.60. The third-order valence-corrected chi connectivity index (χ3v) is 3.81. The van der Waals surface area contributed by atoms with Crippen molar-refractivity contribution >= 4 is 12.0 Å². The molecule has 3 N–H and O–H groups in total. The molecule has 1 aliphatic rings. The van der Waals surface area contributed by atoms with Gasteiger partial charge in [-0.05, 0) is 12.3 Å². The standard InChI is InChI=1S/C15H28N2O4/c1-11(2)7-5-3-4-6-8-16-15(21)17-10-12(18)9-13(17)14(19)20/h11-13,18H,3-10H2,1-2H3,(H,16,21)(H,19,20)/t12-,13+/m1/s1. The Bertz CT molecular complexity index is 347. The van der Waals surface area contributed by atoms with E-state index in [1.54, 1.807) is 0 Å². The van der Waals surface area contributed by atoms with E-state index in [1.807, 2.05) is 0 Å². The van der Waals surface area contributed by atoms with Crippen LogP contribution in [0.15, 0.2) is 0 Å². The van der Waals surface area contributed by atoms with Gasteiger partial charge in [0.2, 0.25) is 0 Å². The largest absolute Gasteiger partial charge is 0.480 e. The highest BCUT2D eigenvalue weighted by atomic mass is 16.4. The third-order valence-electron chi connectivity index (χ3n) is 3.81. The van der Waals surface area contributed by atoms with Crippen LogP contribution in [0, 0.1) is 5.92 Å². The van der Waals surface area contributed by atoms with Gasteiger partial charge in [0.1, 0.15) is 6.04 Å². The van der Waals surface area contributed by atoms with Crippen LogP contribution in [-0.2, 0) is 4.79 Å². The molecule has 2 atom stereocenters. The predicted octanol–water partition coefficient (Wildman–Crippen LogP) is 1.82. The van der Waals surface area contributed by atoms with Gasteiger partial charge in [0, 0.05) is 19.5 Å². The number of nitrogens with zero attached hydrogens (tertiary/aromatic N) is 1. The number of urea groups is 1. The second kappa shape index (κ2) is 8.87. The van der Waals surface area contributed by atoms with E-state index in [-0.39, 0.29) is 19.0 Å². The van der Waals surface area contributed by atoms with Gasteiger partial charge in [-0.3, -0.25) is 0 Å². The fraction of sp³-hybridized carbons (Fsp3) is 0.867. The Hall–Kier alpha value is -1.30. The zero-order valence-corrected chi connectivity index (χ0v) is 13.0. The first-order valence-corrected chi connectivity index (χ1v) is 7.87. The van der Waals surface area contributed by atoms with E-state index in [0.29, 0.717) is 6.54 Å². The minimum Gasteiger partial charge on any atom is -0.480 e. The minimum absolute atomic E-state index is 0.0944. The van der Waals surface area contributed by atoms with Gasteiger partial charge < -0.3 is 20.4 Å². The van der Waals surface area contributed by atoms with Gasteiger partial charge in [0.15, 0.2) is 0 Å². The summed E-state index contributed by atoms with van der Waals surface area (Å²) in [5.74, 6) is -0.324. The number of carboxylic acid groups (broad SMARTS) is 1. The van der Waals surface area contributed by atoms with Gasteiger partial charge in [0.05, 0.1) is 6.10 Å². The van der Waals surface area contributed by atoms with Crippen LogP contribution in [0.4, 0.5) is 4.79 Å². The highest BCUT2D eigenvalue weighted by molar-refractivity contribution is 5.83. The number of hydrogen-bond donors (Lipinski definition) is 3. The third kappa shape index (κ3) is 6.33. The Balaban J connectivity index is 2.17. The van der Waals surface area contributed by atoms with E-state index >= 15 is 0 Å². The number of nitrogens with one attached hydrogen (secondary N) is 1. The lowest BCUT2D eigenvalue weighted by Crippen LogP contribution is -2.46. The number of aliphatic carboxylic acids is 1. The molecule has 2 amide bonds. The van der Waals surface area contributed by atoms with Crippen LogP contribution in [0.5, 0.6) is 0 Å². The molecular formula is C15H28N2O4. The molecule has 0 aromatic heterocycles. The maximum absolute atomic E-state index is 11.9. The van der Waals surface area contributed by atoms with Crippen molar-refractivity contribution in [3.63, 3.8) is 0 Å². The number of hydrogen-bond acceptors (Lipinski definition) is 3. The fourth-order valence-electron chi connectivity index (χ4n) is 2.60. The van der Waals surface area contributed by atoms with Gasteiger partial charge in [-0.2, -0.15) is 0 Å². The Morgan fingerprint density at radius 3 is 2.52 bits per heavy atom. The lowest BCUT2D eigenvalue weighted by Gasteiger charge is -2.21. The highest BCUT2D eigenvalue weighted by Crippen LogP contribution is 2.18. The van der Waals surface area contributed by atoms with E-state index in [0.717, 1.165) is 25.2 Å². The van der Waals surface area contributed by atoms with E-state index in [1.165, 1.54) is 17.7 Å². The molecule has 1 rings (SSSR count). The summed E-state index contributed by atoms with van der Waals surface area (Å²) in [6.45, 7) is 5.07. The first-order valence-electron chi connectivity index (χ1n) is 7.87. The molecule has 0 aromatic carbocycles. The minimum atomic E-state index is -1.06. The van der Waals surface area contributed by atoms with Crippen molar-refractivity contribution in [2.45, 2.75) is 64.5 Å². The summed E-state index contributed by atoms with van der Waals surface area (Å²) in [7, 11) is 0. The number of rotatable bonds is 8. The monoisotopic (exact) mass is 300 g/mol. The van der Waals surface area contributed by atoms with Gasteiger partial charge in [-0.1, -0.05) is 39.5 Å². The molecule has 0 spiro atoms. The molecule has 1 aliphatic heterocycles. The number of carboxylic acids is 1. The van der Waals surface area contributed by atoms with Crippen molar-refractivity contribution in [3.05, 3.63) is 0 Å². The topological polar surface area (TPSA) is 89.9 Å². The van der Waals surface area contributed by atoms with Crippen LogP contribution in [0.1, 0.15) is 52.4 Å². The number of likely N-dealkylation sites (tertiary alicyclic amines) is 1. The molecule has 122 valence electrons. The normalized spacial score (nSPS) is 21.8. The average Bonchev–Trinajstić information content (AvgIpc) is 2.79. The van der Waals surface area contributed by atoms with Crippen LogP contribution in [0.2, 0.25) is 0 Å². The Labute approximate surface area is 126 Å². The molecule has 1 fully saturated rings. The lowest BCUT2D eigenvalue weighted by molar-refractivity contribution is -0.141. The number of amides is 2. The Morgan fingerprint density at radius 1 is 1.24 bits per heavy atom. The SMILES string of the molecule is CC(C)CCCCCCNC(=O)N1C[C@H](O)C[C@H]1C(=O)O. The van der Waals surface area contributed by atoms with Crippen LogP contribution in [0.3, 0.4) is 0 Å². The molecule has 0 radical (unpaired) electrons. The van der Waals surface area contributed by atoms with Crippen molar-refractivity contribution in [1.29, 1.82) is 0 Å². The number of unbranched alkanes of at least 4 members (excludes halogenated alkanes) is 3. The van der Waals surface area contributed by atoms with E-state index in [9.17, 15) is 14.7 Å². The molecule has 0 aromatic rings. The molecular weight excluding hydrogens is 272 g/mol. The zero-order valence-electron chi connectivity index (χ0n) is 13.0. The summed E-state index contributed by atoms with van der Waals surface area (Å²) in [5, 5.41) is 21.3. The Morgan fingerprint density at radius 2 is 1.90 bits per heavy atom. The summed E-state index contributed by atoms with van der Waals surface area (Å²) >= 11 is 0. The van der Waals surface area contributed by atoms with E-state index in [2.05, 4.69) is 19.2 Å². The maximum atomic E-state index is 11.9. The van der Waals surface area contributed by atoms with Gasteiger partial charge in [-0.15, -0.1) is 0 Å². The number of β-amino-alcohol motifs (C(OH)–C–C–N with tert-alkyl or cyclic N) is 1. The van der Waals surface area contributed by atoms with Crippen molar-refractivity contribution < 1.29 is 19.8 Å². The first-order chi connectivity index (χ1) is 9.91. The summed E-state index contributed by atoms with van der Waals surface area (Å²) in [6, 6.07) is -1.30. The molecule has 0 unspecified atom stereocenters. The molecule has 6 heteroatoms. The first kappa shape index (κ1) is 17.8. The van der Waals surface area contributed by atoms with Crippen LogP contribution >= 0.6 is 0 Å². The number of carbonyl (C=O) groups is 2. The van der Waals surface area contributed by atoms with Crippen molar-refractivity contribution in [1.82, 2.24) is 10.2 Å². The van der Waals surface area contributed by atoms with Crippen LogP contribution < -0.4 is 5.32 Å². The van der Waals surface area contributed by atoms with Crippen molar-refractivity contribution in [2.75, 3.05) is 13.1 Å². The quantitative estimate of drug-likeness (QED) is 0.596. The summed E-state index contributed by atoms with van der Waals surface area (Å²) in [5.41, 5.74) is 0. The molecule has 6 nitrogen and oxygen atoms in total. The maximum Gasteiger partial charge on any atom is 0.326 e. The van der Waals surface area contributed by atoms with Crippen LogP contribution in [0.25, 0.3) is 0 Å². The number of aliphatic hydroxyl groups excluding tert-OH is 1. The lowest BCUT2D eigenvalue weighted by atomic mass is 10.0. The van der Waals surface area contributed by atoms with Crippen molar-refractivity contribution in [2.24, 2.45) is 5.92 Å². The van der Waals surface area contributed by atoms with Crippen molar-refractivity contribution in [3.8, 4) is 0 Å². The summed E-state index contributed by atoms with van der Waals surface area (Å²) < 4.78 is 0. The van der Waals surface area contributed by atoms with E-state index in [4.69, 9.17) is 5.11 Å². The van der Waals surface area contributed by atoms with Crippen LogP contribution in [-0.4, -0.2) is 52.3 Å². The summed E-state index contributed by atoms with van der Waals surface area (Å²) in [6.07, 6.45) is 4.94. The second-order valence-electron chi connectivity index (χ2n) is 6.22. The number of aliphatic hydroxyl groups is 1. The smallest absolute Gasteiger partial charge is 0.326 e.